The monoisotopic (exact) mass is 341 g/mol. The van der Waals surface area contributed by atoms with E-state index >= 15 is 0 Å². The number of aromatic nitrogens is 1. The number of pyridine rings is 1. The maximum atomic E-state index is 12.6. The molecule has 0 radical (unpaired) electrons. The van der Waals surface area contributed by atoms with Gasteiger partial charge in [-0.25, -0.2) is 4.98 Å². The molecule has 2 aromatic rings. The fourth-order valence-electron chi connectivity index (χ4n) is 3.16. The molecule has 0 bridgehead atoms. The molecular weight excluding hydrogens is 318 g/mol. The summed E-state index contributed by atoms with van der Waals surface area (Å²) >= 11 is 0. The molecule has 1 aliphatic rings. The van der Waals surface area contributed by atoms with Crippen LogP contribution in [0.1, 0.15) is 23.7 Å². The number of amidine groups is 1. The number of para-hydroxylation sites is 1. The number of nitrogens with two attached hydrogens (primary N) is 2. The highest BCUT2D eigenvalue weighted by Gasteiger charge is 2.29. The third-order valence-electron chi connectivity index (χ3n) is 4.54. The van der Waals surface area contributed by atoms with Crippen molar-refractivity contribution >= 4 is 28.5 Å². The Morgan fingerprint density at radius 1 is 1.44 bits per heavy atom. The molecular formula is C18H23N5O2. The lowest BCUT2D eigenvalue weighted by Crippen LogP contribution is -2.49. The number of aliphatic imine (C=N–C) groups is 1. The fraction of sp³-hybridized carbons (Fsp3) is 0.389. The van der Waals surface area contributed by atoms with Gasteiger partial charge in [0.2, 0.25) is 0 Å². The second-order valence-electron chi connectivity index (χ2n) is 6.45. The van der Waals surface area contributed by atoms with E-state index in [0.717, 1.165) is 17.3 Å². The Morgan fingerprint density at radius 2 is 2.20 bits per heavy atom. The second-order valence-corrected chi connectivity index (χ2v) is 6.45. The van der Waals surface area contributed by atoms with Crippen LogP contribution in [0.3, 0.4) is 0 Å². The van der Waals surface area contributed by atoms with Gasteiger partial charge in [0.1, 0.15) is 11.7 Å². The van der Waals surface area contributed by atoms with Crippen LogP contribution >= 0.6 is 0 Å². The molecule has 2 atom stereocenters. The lowest BCUT2D eigenvalue weighted by molar-refractivity contribution is 0.100. The van der Waals surface area contributed by atoms with Crippen LogP contribution in [-0.2, 0) is 0 Å². The van der Waals surface area contributed by atoms with Crippen LogP contribution in [0.5, 0.6) is 0 Å². The number of anilines is 1. The van der Waals surface area contributed by atoms with E-state index in [1.165, 1.54) is 0 Å². The molecule has 25 heavy (non-hydrogen) atoms. The quantitative estimate of drug-likeness (QED) is 0.564. The molecule has 1 saturated heterocycles. The molecule has 1 fully saturated rings. The summed E-state index contributed by atoms with van der Waals surface area (Å²) in [6.07, 6.45) is 0.729. The van der Waals surface area contributed by atoms with Crippen molar-refractivity contribution < 1.29 is 9.90 Å². The first-order valence-corrected chi connectivity index (χ1v) is 8.36. The molecule has 7 nitrogen and oxygen atoms in total. The number of benzene rings is 1. The first-order chi connectivity index (χ1) is 12.0. The molecule has 1 aliphatic heterocycles. The van der Waals surface area contributed by atoms with Gasteiger partial charge in [0.25, 0.3) is 5.91 Å². The Kier molecular flexibility index (Phi) is 4.96. The highest BCUT2D eigenvalue weighted by atomic mass is 16.3. The van der Waals surface area contributed by atoms with E-state index < -0.39 is 5.91 Å². The van der Waals surface area contributed by atoms with Gasteiger partial charge in [-0.2, -0.15) is 4.99 Å². The maximum absolute atomic E-state index is 12.6. The third-order valence-corrected chi connectivity index (χ3v) is 4.54. The fourth-order valence-corrected chi connectivity index (χ4v) is 3.16. The highest BCUT2D eigenvalue weighted by Crippen LogP contribution is 2.28. The van der Waals surface area contributed by atoms with Crippen molar-refractivity contribution in [3.05, 3.63) is 35.9 Å². The Labute approximate surface area is 146 Å². The van der Waals surface area contributed by atoms with Crippen molar-refractivity contribution in [1.82, 2.24) is 4.98 Å². The van der Waals surface area contributed by atoms with Gasteiger partial charge < -0.3 is 21.5 Å². The van der Waals surface area contributed by atoms with E-state index in [2.05, 4.69) is 4.99 Å². The highest BCUT2D eigenvalue weighted by molar-refractivity contribution is 6.07. The Bertz CT molecular complexity index is 816. The maximum Gasteiger partial charge on any atom is 0.282 e. The Hall–Kier alpha value is -2.51. The number of piperidine rings is 1. The zero-order valence-electron chi connectivity index (χ0n) is 14.2. The van der Waals surface area contributed by atoms with E-state index in [1.54, 1.807) is 13.0 Å². The van der Waals surface area contributed by atoms with Crippen molar-refractivity contribution in [2.75, 3.05) is 24.6 Å². The van der Waals surface area contributed by atoms with Crippen LogP contribution in [0.15, 0.2) is 35.3 Å². The molecule has 3 rings (SSSR count). The normalized spacial score (nSPS) is 21.6. The smallest absolute Gasteiger partial charge is 0.282 e. The molecule has 0 saturated carbocycles. The van der Waals surface area contributed by atoms with Crippen molar-refractivity contribution in [2.24, 2.45) is 22.4 Å². The van der Waals surface area contributed by atoms with Gasteiger partial charge in [-0.3, -0.25) is 4.79 Å². The molecule has 132 valence electrons. The first-order valence-electron chi connectivity index (χ1n) is 8.36. The molecule has 1 aromatic heterocycles. The van der Waals surface area contributed by atoms with Gasteiger partial charge >= 0.3 is 0 Å². The molecule has 2 heterocycles. The number of rotatable bonds is 3. The summed E-state index contributed by atoms with van der Waals surface area (Å²) < 4.78 is 0. The molecule has 5 N–H and O–H groups in total. The van der Waals surface area contributed by atoms with Crippen LogP contribution in [-0.4, -0.2) is 47.6 Å². The zero-order valence-corrected chi connectivity index (χ0v) is 14.2. The summed E-state index contributed by atoms with van der Waals surface area (Å²) in [5, 5.41) is 10.4. The predicted octanol–water partition coefficient (Wildman–Crippen LogP) is 0.898. The largest absolute Gasteiger partial charge is 0.396 e. The SMILES string of the molecule is CC(N)=NC(=O)c1cc2ccccc2nc1N1CCC(N)C(CO)C1. The van der Waals surface area contributed by atoms with Gasteiger partial charge in [0.05, 0.1) is 11.1 Å². The van der Waals surface area contributed by atoms with Crippen molar-refractivity contribution in [3.63, 3.8) is 0 Å². The summed E-state index contributed by atoms with van der Waals surface area (Å²) in [6.45, 7) is 2.81. The van der Waals surface area contributed by atoms with E-state index in [-0.39, 0.29) is 24.4 Å². The minimum atomic E-state index is -0.413. The van der Waals surface area contributed by atoms with Crippen molar-refractivity contribution in [3.8, 4) is 0 Å². The Morgan fingerprint density at radius 3 is 2.92 bits per heavy atom. The predicted molar refractivity (Wildman–Crippen MR) is 98.8 cm³/mol. The number of carbonyl (C=O) groups excluding carboxylic acids is 1. The minimum absolute atomic E-state index is 0.00852. The van der Waals surface area contributed by atoms with Gasteiger partial charge in [-0.05, 0) is 25.5 Å². The number of nitrogens with zero attached hydrogens (tertiary/aromatic N) is 3. The second kappa shape index (κ2) is 7.16. The van der Waals surface area contributed by atoms with Gasteiger partial charge in [-0.15, -0.1) is 0 Å². The number of hydrogen-bond donors (Lipinski definition) is 3. The summed E-state index contributed by atoms with van der Waals surface area (Å²) in [7, 11) is 0. The summed E-state index contributed by atoms with van der Waals surface area (Å²) in [6, 6.07) is 9.37. The van der Waals surface area contributed by atoms with E-state index in [4.69, 9.17) is 16.5 Å². The minimum Gasteiger partial charge on any atom is -0.396 e. The Balaban J connectivity index is 2.08. The van der Waals surface area contributed by atoms with Crippen LogP contribution in [0.25, 0.3) is 10.9 Å². The van der Waals surface area contributed by atoms with E-state index in [1.807, 2.05) is 29.2 Å². The van der Waals surface area contributed by atoms with Gasteiger partial charge in [0, 0.05) is 37.0 Å². The van der Waals surface area contributed by atoms with Crippen LogP contribution < -0.4 is 16.4 Å². The molecule has 0 aliphatic carbocycles. The standard InChI is InChI=1S/C18H23N5O2/c1-11(19)21-18(25)14-8-12-4-2-3-5-16(12)22-17(14)23-7-6-15(20)13(9-23)10-24/h2-5,8,13,15,24H,6-7,9-10,20H2,1H3,(H2,19,21,25). The molecule has 2 unspecified atom stereocenters. The topological polar surface area (TPSA) is 118 Å². The van der Waals surface area contributed by atoms with Crippen molar-refractivity contribution in [2.45, 2.75) is 19.4 Å². The lowest BCUT2D eigenvalue weighted by Gasteiger charge is -2.37. The van der Waals surface area contributed by atoms with Gasteiger partial charge in [0.15, 0.2) is 0 Å². The van der Waals surface area contributed by atoms with Crippen LogP contribution in [0, 0.1) is 5.92 Å². The molecule has 0 spiro atoms. The number of amides is 1. The van der Waals surface area contributed by atoms with Crippen LogP contribution in [0.2, 0.25) is 0 Å². The lowest BCUT2D eigenvalue weighted by atomic mass is 9.93. The third kappa shape index (κ3) is 3.62. The summed E-state index contributed by atoms with van der Waals surface area (Å²) in [5.41, 5.74) is 12.9. The summed E-state index contributed by atoms with van der Waals surface area (Å²) in [5.74, 6) is 0.311. The molecule has 7 heteroatoms. The number of hydrogen-bond acceptors (Lipinski definition) is 5. The molecule has 1 aromatic carbocycles. The number of aliphatic hydroxyl groups excluding tert-OH is 1. The number of carbonyl (C=O) groups is 1. The van der Waals surface area contributed by atoms with Gasteiger partial charge in [-0.1, -0.05) is 18.2 Å². The number of fused-ring (bicyclic) bond motifs is 1. The number of aliphatic hydroxyl groups is 1. The average molecular weight is 341 g/mol. The van der Waals surface area contributed by atoms with Crippen LogP contribution in [0.4, 0.5) is 5.82 Å². The van der Waals surface area contributed by atoms with Crippen molar-refractivity contribution in [1.29, 1.82) is 0 Å². The average Bonchev–Trinajstić information content (AvgIpc) is 2.60. The molecule has 1 amide bonds. The first kappa shape index (κ1) is 17.3. The summed E-state index contributed by atoms with van der Waals surface area (Å²) in [4.78, 5) is 23.1. The van der Waals surface area contributed by atoms with E-state index in [9.17, 15) is 9.90 Å². The van der Waals surface area contributed by atoms with E-state index in [0.29, 0.717) is 24.5 Å². The zero-order chi connectivity index (χ0) is 18.0.